The minimum absolute atomic E-state index is 0.0889. The number of hydrogen-bond donors (Lipinski definition) is 0. The summed E-state index contributed by atoms with van der Waals surface area (Å²) in [4.78, 5) is 22.9. The van der Waals surface area contributed by atoms with Crippen molar-refractivity contribution in [1.29, 1.82) is 0 Å². The van der Waals surface area contributed by atoms with Crippen molar-refractivity contribution >= 4 is 5.97 Å². The van der Waals surface area contributed by atoms with E-state index in [1.54, 1.807) is 0 Å². The molecular weight excluding hydrogens is 408 g/mol. The van der Waals surface area contributed by atoms with E-state index >= 15 is 0 Å². The molecule has 0 aromatic carbocycles. The number of esters is 1. The number of carbonyl (C=O) groups is 1. The summed E-state index contributed by atoms with van der Waals surface area (Å²) in [6, 6.07) is 0.0889. The van der Waals surface area contributed by atoms with Crippen LogP contribution in [0.15, 0.2) is 12.7 Å². The van der Waals surface area contributed by atoms with E-state index in [0.29, 0.717) is 6.42 Å². The second-order valence-corrected chi connectivity index (χ2v) is 7.09. The van der Waals surface area contributed by atoms with E-state index in [1.165, 1.54) is 96.1 Å². The van der Waals surface area contributed by atoms with Gasteiger partial charge in [-0.2, -0.15) is 9.97 Å². The Morgan fingerprint density at radius 2 is 1.14 bits per heavy atom. The van der Waals surface area contributed by atoms with E-state index in [2.05, 4.69) is 21.9 Å². The van der Waals surface area contributed by atoms with Crippen LogP contribution >= 0.6 is 0 Å². The topological polar surface area (TPSA) is 82.0 Å². The molecule has 0 bridgehead atoms. The third-order valence-electron chi connectivity index (χ3n) is 4.66. The summed E-state index contributed by atoms with van der Waals surface area (Å²) >= 11 is 0.125. The number of aromatic nitrogens is 3. The Morgan fingerprint density at radius 3 is 1.57 bits per heavy atom. The minimum atomic E-state index is -0.258. The second-order valence-electron chi connectivity index (χ2n) is 7.09. The molecule has 1 aromatic rings. The molecule has 6 nitrogen and oxygen atoms in total. The summed E-state index contributed by atoms with van der Waals surface area (Å²) in [5, 5.41) is 0. The molecule has 0 unspecified atom stereocenters. The van der Waals surface area contributed by atoms with Gasteiger partial charge in [-0.15, -0.1) is 0 Å². The summed E-state index contributed by atoms with van der Waals surface area (Å²) in [7, 11) is 0. The SMILES string of the molecule is CCCCCCCCCCCCCCCCCC(=O)Oc1ncncn1.[O]=[Zn]. The summed E-state index contributed by atoms with van der Waals surface area (Å²) in [5.74, 6) is -0.258. The third kappa shape index (κ3) is 18.3. The zero-order valence-electron chi connectivity index (χ0n) is 17.7. The number of hydrogen-bond acceptors (Lipinski definition) is 6. The van der Waals surface area contributed by atoms with Gasteiger partial charge in [-0.25, -0.2) is 4.98 Å². The molecule has 0 aliphatic carbocycles. The van der Waals surface area contributed by atoms with Crippen LogP contribution in [0.4, 0.5) is 0 Å². The Bertz CT molecular complexity index is 463. The van der Waals surface area contributed by atoms with Crippen molar-refractivity contribution in [3.8, 4) is 6.01 Å². The molecule has 1 heterocycles. The Morgan fingerprint density at radius 1 is 0.750 bits per heavy atom. The van der Waals surface area contributed by atoms with Gasteiger partial charge >= 0.3 is 33.8 Å². The first kappa shape index (κ1) is 26.9. The normalized spacial score (nSPS) is 10.2. The molecule has 0 spiro atoms. The van der Waals surface area contributed by atoms with Crippen molar-refractivity contribution in [1.82, 2.24) is 15.0 Å². The Kier molecular flexibility index (Phi) is 21.3. The Labute approximate surface area is 180 Å². The monoisotopic (exact) mass is 443 g/mol. The van der Waals surface area contributed by atoms with E-state index in [4.69, 9.17) is 8.31 Å². The average molecular weight is 445 g/mol. The fourth-order valence-electron chi connectivity index (χ4n) is 3.07. The van der Waals surface area contributed by atoms with Gasteiger partial charge in [0.2, 0.25) is 0 Å². The van der Waals surface area contributed by atoms with Crippen LogP contribution in [0.5, 0.6) is 6.01 Å². The Hall–Kier alpha value is -1.10. The Balaban J connectivity index is 0.00000352. The van der Waals surface area contributed by atoms with Gasteiger partial charge in [0.1, 0.15) is 12.7 Å². The summed E-state index contributed by atoms with van der Waals surface area (Å²) < 4.78 is 13.4. The van der Waals surface area contributed by atoms with Gasteiger partial charge in [-0.3, -0.25) is 4.79 Å². The van der Waals surface area contributed by atoms with E-state index in [1.807, 2.05) is 0 Å². The van der Waals surface area contributed by atoms with Gasteiger partial charge < -0.3 is 4.74 Å². The zero-order chi connectivity index (χ0) is 20.7. The predicted octanol–water partition coefficient (Wildman–Crippen LogP) is 5.92. The summed E-state index contributed by atoms with van der Waals surface area (Å²) in [6.45, 7) is 2.27. The standard InChI is InChI=1S/C21H37N3O2.O.Zn/c1-2-3-4-5-6-7-8-9-10-11-12-13-14-15-16-17-20(25)26-21-23-18-22-19-24-21;;/h18-19H,2-17H2,1H3;;. The van der Waals surface area contributed by atoms with Crippen molar-refractivity contribution in [3.63, 3.8) is 0 Å². The van der Waals surface area contributed by atoms with Crippen LogP contribution in [-0.2, 0) is 26.6 Å². The number of nitrogens with zero attached hydrogens (tertiary/aromatic N) is 3. The van der Waals surface area contributed by atoms with Crippen molar-refractivity contribution < 1.29 is 31.4 Å². The van der Waals surface area contributed by atoms with E-state index < -0.39 is 0 Å². The van der Waals surface area contributed by atoms with Crippen molar-refractivity contribution in [2.45, 2.75) is 110 Å². The van der Waals surface area contributed by atoms with Crippen LogP contribution in [0.2, 0.25) is 0 Å². The average Bonchev–Trinajstić information content (AvgIpc) is 2.73. The number of rotatable bonds is 17. The molecule has 7 heteroatoms. The van der Waals surface area contributed by atoms with Crippen LogP contribution in [0, 0.1) is 0 Å². The molecule has 0 amide bonds. The quantitative estimate of drug-likeness (QED) is 0.168. The fourth-order valence-corrected chi connectivity index (χ4v) is 3.07. The van der Waals surface area contributed by atoms with Crippen LogP contribution in [0.3, 0.4) is 0 Å². The van der Waals surface area contributed by atoms with Crippen molar-refractivity contribution in [2.75, 3.05) is 0 Å². The van der Waals surface area contributed by atoms with Crippen LogP contribution in [0.1, 0.15) is 110 Å². The fraction of sp³-hybridized carbons (Fsp3) is 0.810. The van der Waals surface area contributed by atoms with Gasteiger partial charge in [0.15, 0.2) is 0 Å². The molecule has 1 rings (SSSR count). The summed E-state index contributed by atoms with van der Waals surface area (Å²) in [6.07, 6.45) is 22.8. The molecule has 0 radical (unpaired) electrons. The van der Waals surface area contributed by atoms with Crippen molar-refractivity contribution in [3.05, 3.63) is 12.7 Å². The molecule has 0 fully saturated rings. The molecule has 0 saturated carbocycles. The van der Waals surface area contributed by atoms with Crippen LogP contribution < -0.4 is 4.74 Å². The molecular formula is C21H37N3O3Zn. The van der Waals surface area contributed by atoms with Crippen LogP contribution in [0.25, 0.3) is 0 Å². The summed E-state index contributed by atoms with van der Waals surface area (Å²) in [5.41, 5.74) is 0. The van der Waals surface area contributed by atoms with Gasteiger partial charge in [-0.1, -0.05) is 96.8 Å². The van der Waals surface area contributed by atoms with Gasteiger partial charge in [0.05, 0.1) is 0 Å². The van der Waals surface area contributed by atoms with E-state index in [0.717, 1.165) is 12.8 Å². The maximum atomic E-state index is 11.6. The zero-order valence-corrected chi connectivity index (χ0v) is 20.7. The first-order valence-electron chi connectivity index (χ1n) is 10.9. The third-order valence-corrected chi connectivity index (χ3v) is 4.66. The predicted molar refractivity (Wildman–Crippen MR) is 106 cm³/mol. The molecule has 0 saturated heterocycles. The van der Waals surface area contributed by atoms with Gasteiger partial charge in [0.25, 0.3) is 0 Å². The maximum absolute atomic E-state index is 11.6. The van der Waals surface area contributed by atoms with E-state index in [-0.39, 0.29) is 30.2 Å². The first-order chi connectivity index (χ1) is 13.8. The number of carbonyl (C=O) groups excluding carboxylic acids is 1. The van der Waals surface area contributed by atoms with Gasteiger partial charge in [0, 0.05) is 6.42 Å². The molecule has 0 aliphatic rings. The van der Waals surface area contributed by atoms with Crippen LogP contribution in [-0.4, -0.2) is 20.9 Å². The second kappa shape index (κ2) is 22.2. The molecule has 1 aromatic heterocycles. The number of unbranched alkanes of at least 4 members (excludes halogenated alkanes) is 14. The molecule has 28 heavy (non-hydrogen) atoms. The van der Waals surface area contributed by atoms with E-state index in [9.17, 15) is 4.79 Å². The molecule has 0 atom stereocenters. The molecule has 156 valence electrons. The molecule has 0 N–H and O–H groups in total. The van der Waals surface area contributed by atoms with Gasteiger partial charge in [-0.05, 0) is 6.42 Å². The van der Waals surface area contributed by atoms with Crippen molar-refractivity contribution in [2.24, 2.45) is 0 Å². The number of ether oxygens (including phenoxy) is 1. The molecule has 0 aliphatic heterocycles. The first-order valence-corrected chi connectivity index (χ1v) is 12.2.